The summed E-state index contributed by atoms with van der Waals surface area (Å²) in [4.78, 5) is 8.90. The van der Waals surface area contributed by atoms with Crippen molar-refractivity contribution in [2.45, 2.75) is 31.7 Å². The van der Waals surface area contributed by atoms with E-state index in [0.29, 0.717) is 0 Å². The van der Waals surface area contributed by atoms with Gasteiger partial charge in [-0.25, -0.2) is 4.98 Å². The minimum atomic E-state index is 0.215. The van der Waals surface area contributed by atoms with E-state index in [1.54, 1.807) is 16.9 Å². The normalized spacial score (nSPS) is 20.2. The van der Waals surface area contributed by atoms with Crippen molar-refractivity contribution in [3.63, 3.8) is 0 Å². The van der Waals surface area contributed by atoms with Gasteiger partial charge in [0.1, 0.15) is 19.5 Å². The first-order valence-corrected chi connectivity index (χ1v) is 9.14. The van der Waals surface area contributed by atoms with Crippen LogP contribution in [0.2, 0.25) is 0 Å². The van der Waals surface area contributed by atoms with Crippen LogP contribution in [0.4, 0.5) is 17.3 Å². The van der Waals surface area contributed by atoms with Crippen LogP contribution >= 0.6 is 0 Å². The maximum atomic E-state index is 9.68. The van der Waals surface area contributed by atoms with E-state index in [4.69, 9.17) is 4.98 Å². The van der Waals surface area contributed by atoms with Crippen molar-refractivity contribution in [2.75, 3.05) is 17.2 Å². The molecule has 1 fully saturated rings. The van der Waals surface area contributed by atoms with Crippen LogP contribution in [0.3, 0.4) is 0 Å². The molecule has 3 aromatic heterocycles. The molecule has 3 N–H and O–H groups in total. The Labute approximate surface area is 153 Å². The Kier molecular flexibility index (Phi) is 4.75. The molecule has 0 radical (unpaired) electrons. The Hall–Kier alpha value is -2.61. The summed E-state index contributed by atoms with van der Waals surface area (Å²) >= 11 is 0. The predicted molar refractivity (Wildman–Crippen MR) is 105 cm³/mol. The predicted octanol–water partition coefficient (Wildman–Crippen LogP) is 1.09. The van der Waals surface area contributed by atoms with Gasteiger partial charge in [-0.2, -0.15) is 9.61 Å². The standard InChI is InChI=1S/C18H23BN6O/c19-14-10-21-25-17(22-13-5-3-7-20-9-13)8-16(24-18(14)25)23-15-6-2-1-4-12(15)11-26/h3,5,7-10,12,15,22,26H,1-2,4,6,11,19H2,(H,23,24)/t12-,15+/m0/s1. The molecule has 0 aliphatic heterocycles. The van der Waals surface area contributed by atoms with E-state index in [0.717, 1.165) is 41.3 Å². The monoisotopic (exact) mass is 350 g/mol. The minimum absolute atomic E-state index is 0.215. The van der Waals surface area contributed by atoms with E-state index < -0.39 is 0 Å². The van der Waals surface area contributed by atoms with Gasteiger partial charge in [-0.3, -0.25) is 4.98 Å². The molecule has 0 saturated heterocycles. The fourth-order valence-corrected chi connectivity index (χ4v) is 3.63. The number of nitrogens with zero attached hydrogens (tertiary/aromatic N) is 4. The van der Waals surface area contributed by atoms with Gasteiger partial charge in [0, 0.05) is 37.0 Å². The summed E-state index contributed by atoms with van der Waals surface area (Å²) in [6, 6.07) is 6.07. The third-order valence-electron chi connectivity index (χ3n) is 5.06. The molecule has 1 aliphatic carbocycles. The van der Waals surface area contributed by atoms with E-state index in [9.17, 15) is 5.11 Å². The van der Waals surface area contributed by atoms with Gasteiger partial charge in [0.05, 0.1) is 11.9 Å². The first kappa shape index (κ1) is 16.8. The summed E-state index contributed by atoms with van der Waals surface area (Å²) in [6.45, 7) is 0.215. The molecular weight excluding hydrogens is 327 g/mol. The number of pyridine rings is 1. The highest BCUT2D eigenvalue weighted by atomic mass is 16.3. The van der Waals surface area contributed by atoms with Crippen LogP contribution in [-0.2, 0) is 0 Å². The smallest absolute Gasteiger partial charge is 0.153 e. The Morgan fingerprint density at radius 2 is 2.15 bits per heavy atom. The topological polar surface area (TPSA) is 87.4 Å². The molecule has 2 atom stereocenters. The number of anilines is 3. The number of rotatable bonds is 5. The Bertz CT molecular complexity index is 884. The summed E-state index contributed by atoms with van der Waals surface area (Å²) < 4.78 is 1.80. The highest BCUT2D eigenvalue weighted by Crippen LogP contribution is 2.28. The Balaban J connectivity index is 1.67. The summed E-state index contributed by atoms with van der Waals surface area (Å²) in [5.41, 5.74) is 2.73. The van der Waals surface area contributed by atoms with Gasteiger partial charge in [-0.15, -0.1) is 0 Å². The lowest BCUT2D eigenvalue weighted by molar-refractivity contribution is 0.178. The first-order valence-electron chi connectivity index (χ1n) is 9.14. The van der Waals surface area contributed by atoms with Crippen molar-refractivity contribution in [1.29, 1.82) is 0 Å². The quantitative estimate of drug-likeness (QED) is 0.597. The number of hydrogen-bond acceptors (Lipinski definition) is 6. The molecule has 1 aliphatic rings. The zero-order valence-corrected chi connectivity index (χ0v) is 14.9. The van der Waals surface area contributed by atoms with Crippen molar-refractivity contribution in [2.24, 2.45) is 5.92 Å². The van der Waals surface area contributed by atoms with Crippen LogP contribution in [0.25, 0.3) is 5.65 Å². The molecule has 0 amide bonds. The van der Waals surface area contributed by atoms with Gasteiger partial charge in [-0.1, -0.05) is 12.8 Å². The lowest BCUT2D eigenvalue weighted by Gasteiger charge is -2.31. The van der Waals surface area contributed by atoms with Crippen molar-refractivity contribution >= 4 is 36.3 Å². The molecular formula is C18H23BN6O. The maximum absolute atomic E-state index is 9.68. The van der Waals surface area contributed by atoms with E-state index >= 15 is 0 Å². The summed E-state index contributed by atoms with van der Waals surface area (Å²) in [5.74, 6) is 1.91. The van der Waals surface area contributed by atoms with Crippen molar-refractivity contribution in [3.05, 3.63) is 36.8 Å². The number of nitrogens with one attached hydrogen (secondary N) is 2. The molecule has 0 aromatic carbocycles. The maximum Gasteiger partial charge on any atom is 0.153 e. The van der Waals surface area contributed by atoms with Gasteiger partial charge in [0.15, 0.2) is 5.65 Å². The van der Waals surface area contributed by atoms with Gasteiger partial charge < -0.3 is 15.7 Å². The van der Waals surface area contributed by atoms with Crippen molar-refractivity contribution < 1.29 is 5.11 Å². The number of aromatic nitrogens is 4. The van der Waals surface area contributed by atoms with Gasteiger partial charge >= 0.3 is 0 Å². The summed E-state index contributed by atoms with van der Waals surface area (Å²) in [6.07, 6.45) is 9.83. The number of aliphatic hydroxyl groups is 1. The van der Waals surface area contributed by atoms with Crippen molar-refractivity contribution in [1.82, 2.24) is 19.6 Å². The summed E-state index contributed by atoms with van der Waals surface area (Å²) in [5, 5.41) is 21.0. The van der Waals surface area contributed by atoms with Crippen LogP contribution in [0.5, 0.6) is 0 Å². The lowest BCUT2D eigenvalue weighted by Crippen LogP contribution is -2.34. The SMILES string of the molecule is Bc1cnn2c(Nc3cccnc3)cc(N[C@@H]3CCCC[C@H]3CO)nc12. The molecule has 0 spiro atoms. The second kappa shape index (κ2) is 7.33. The van der Waals surface area contributed by atoms with Crippen LogP contribution in [0.15, 0.2) is 36.8 Å². The third-order valence-corrected chi connectivity index (χ3v) is 5.06. The Morgan fingerprint density at radius 1 is 1.27 bits per heavy atom. The van der Waals surface area contributed by atoms with Gasteiger partial charge in [-0.05, 0) is 30.4 Å². The van der Waals surface area contributed by atoms with E-state index in [-0.39, 0.29) is 18.6 Å². The fraction of sp³-hybridized carbons (Fsp3) is 0.389. The zero-order valence-electron chi connectivity index (χ0n) is 14.9. The fourth-order valence-electron chi connectivity index (χ4n) is 3.63. The van der Waals surface area contributed by atoms with Crippen molar-refractivity contribution in [3.8, 4) is 0 Å². The third kappa shape index (κ3) is 3.37. The first-order chi connectivity index (χ1) is 12.7. The zero-order chi connectivity index (χ0) is 17.9. The van der Waals surface area contributed by atoms with E-state index in [2.05, 4.69) is 20.7 Å². The van der Waals surface area contributed by atoms with Crippen LogP contribution in [0.1, 0.15) is 25.7 Å². The van der Waals surface area contributed by atoms with Crippen LogP contribution < -0.4 is 16.1 Å². The summed E-state index contributed by atoms with van der Waals surface area (Å²) in [7, 11) is 2.00. The molecule has 3 aromatic rings. The number of fused-ring (bicyclic) bond motifs is 1. The second-order valence-corrected chi connectivity index (χ2v) is 6.93. The number of aliphatic hydroxyl groups excluding tert-OH is 1. The Morgan fingerprint density at radius 3 is 2.96 bits per heavy atom. The number of hydrogen-bond donors (Lipinski definition) is 3. The molecule has 4 rings (SSSR count). The molecule has 8 heteroatoms. The van der Waals surface area contributed by atoms with E-state index in [1.165, 1.54) is 12.8 Å². The molecule has 0 bridgehead atoms. The average Bonchev–Trinajstić information content (AvgIpc) is 3.04. The highest BCUT2D eigenvalue weighted by Gasteiger charge is 2.25. The average molecular weight is 350 g/mol. The van der Waals surface area contributed by atoms with Gasteiger partial charge in [0.2, 0.25) is 0 Å². The molecule has 134 valence electrons. The van der Waals surface area contributed by atoms with E-state index in [1.807, 2.05) is 32.2 Å². The molecule has 3 heterocycles. The largest absolute Gasteiger partial charge is 0.396 e. The molecule has 1 saturated carbocycles. The lowest BCUT2D eigenvalue weighted by atomic mass is 9.85. The second-order valence-electron chi connectivity index (χ2n) is 6.93. The van der Waals surface area contributed by atoms with Gasteiger partial charge in [0.25, 0.3) is 0 Å². The van der Waals surface area contributed by atoms with Crippen LogP contribution in [0, 0.1) is 5.92 Å². The molecule has 26 heavy (non-hydrogen) atoms. The minimum Gasteiger partial charge on any atom is -0.396 e. The molecule has 0 unspecified atom stereocenters. The highest BCUT2D eigenvalue weighted by molar-refractivity contribution is 6.36. The molecule has 7 nitrogen and oxygen atoms in total. The van der Waals surface area contributed by atoms with Crippen LogP contribution in [-0.4, -0.2) is 45.2 Å².